The van der Waals surface area contributed by atoms with E-state index in [1.54, 1.807) is 0 Å². The maximum Gasteiger partial charge on any atom is 0.442 e. The van der Waals surface area contributed by atoms with Crippen LogP contribution in [0.1, 0.15) is 17.5 Å². The van der Waals surface area contributed by atoms with Crippen molar-refractivity contribution in [2.75, 3.05) is 5.33 Å². The minimum absolute atomic E-state index is 0.320. The summed E-state index contributed by atoms with van der Waals surface area (Å²) in [7, 11) is 0. The average Bonchev–Trinajstić information content (AvgIpc) is 3.16. The van der Waals surface area contributed by atoms with Crippen molar-refractivity contribution in [2.45, 2.75) is 24.7 Å². The van der Waals surface area contributed by atoms with E-state index < -0.39 is 16.8 Å². The summed E-state index contributed by atoms with van der Waals surface area (Å²) in [4.78, 5) is 10.3. The molecule has 1 aromatic carbocycles. The number of halogens is 4. The summed E-state index contributed by atoms with van der Waals surface area (Å²) in [5.74, 6) is 0. The predicted molar refractivity (Wildman–Crippen MR) is 67.8 cm³/mol. The molecule has 1 aliphatic heterocycles. The Labute approximate surface area is 120 Å². The van der Waals surface area contributed by atoms with Gasteiger partial charge in [0.1, 0.15) is 0 Å². The highest BCUT2D eigenvalue weighted by Gasteiger charge is 2.65. The highest BCUT2D eigenvalue weighted by atomic mass is 79.9. The molecule has 1 heterocycles. The van der Waals surface area contributed by atoms with Crippen molar-refractivity contribution >= 4 is 21.6 Å². The van der Waals surface area contributed by atoms with Crippen LogP contribution < -0.4 is 0 Å². The summed E-state index contributed by atoms with van der Waals surface area (Å²) in [6.07, 6.45) is -3.62. The molecule has 0 aliphatic carbocycles. The Balaban J connectivity index is 2.39. The molecule has 9 heteroatoms. The lowest BCUT2D eigenvalue weighted by atomic mass is 9.98. The van der Waals surface area contributed by atoms with Gasteiger partial charge >= 0.3 is 11.8 Å². The molecule has 0 saturated heterocycles. The standard InChI is InChI=1S/C11H9BrF3N3O2/c12-5-1-2-7-3-4-8(6-9(7)18(19)20)10(16-17-10)11(13,14)15/h3-4,6H,1-2,5H2. The number of hydrogen-bond donors (Lipinski definition) is 0. The molecule has 20 heavy (non-hydrogen) atoms. The van der Waals surface area contributed by atoms with Gasteiger partial charge in [0, 0.05) is 22.5 Å². The first kappa shape index (κ1) is 14.9. The Hall–Kier alpha value is -1.51. The molecule has 0 atom stereocenters. The third-order valence-corrected chi connectivity index (χ3v) is 3.52. The highest BCUT2D eigenvalue weighted by Crippen LogP contribution is 2.52. The van der Waals surface area contributed by atoms with E-state index in [0.717, 1.165) is 6.07 Å². The Morgan fingerprint density at radius 1 is 1.35 bits per heavy atom. The fraction of sp³-hybridized carbons (Fsp3) is 0.455. The molecule has 0 radical (unpaired) electrons. The van der Waals surface area contributed by atoms with Gasteiger partial charge in [-0.25, -0.2) is 0 Å². The number of alkyl halides is 4. The first-order chi connectivity index (χ1) is 9.32. The number of hydrogen-bond acceptors (Lipinski definition) is 4. The molecule has 0 amide bonds. The number of benzene rings is 1. The zero-order valence-corrected chi connectivity index (χ0v) is 11.6. The Morgan fingerprint density at radius 3 is 2.45 bits per heavy atom. The van der Waals surface area contributed by atoms with Crippen molar-refractivity contribution < 1.29 is 18.1 Å². The maximum atomic E-state index is 12.9. The van der Waals surface area contributed by atoms with Gasteiger partial charge < -0.3 is 0 Å². The van der Waals surface area contributed by atoms with Gasteiger partial charge in [-0.1, -0.05) is 28.1 Å². The number of nitrogens with zero attached hydrogens (tertiary/aromatic N) is 3. The van der Waals surface area contributed by atoms with Gasteiger partial charge in [-0.2, -0.15) is 13.2 Å². The largest absolute Gasteiger partial charge is 0.442 e. The number of nitro benzene ring substituents is 1. The fourth-order valence-electron chi connectivity index (χ4n) is 1.86. The highest BCUT2D eigenvalue weighted by molar-refractivity contribution is 9.09. The molecule has 0 fully saturated rings. The molecule has 0 saturated carbocycles. The Bertz CT molecular complexity index is 569. The van der Waals surface area contributed by atoms with Crippen LogP contribution in [0, 0.1) is 10.1 Å². The Morgan fingerprint density at radius 2 is 2.00 bits per heavy atom. The predicted octanol–water partition coefficient (Wildman–Crippen LogP) is 4.10. The minimum atomic E-state index is -4.68. The van der Waals surface area contributed by atoms with E-state index in [-0.39, 0.29) is 11.3 Å². The van der Waals surface area contributed by atoms with Crippen molar-refractivity contribution in [2.24, 2.45) is 10.2 Å². The number of nitro groups is 1. The quantitative estimate of drug-likeness (QED) is 0.455. The van der Waals surface area contributed by atoms with Gasteiger partial charge in [0.25, 0.3) is 5.69 Å². The molecule has 1 aromatic rings. The van der Waals surface area contributed by atoms with Crippen LogP contribution in [-0.4, -0.2) is 16.4 Å². The summed E-state index contributed by atoms with van der Waals surface area (Å²) in [5.41, 5.74) is -2.87. The molecule has 0 spiro atoms. The summed E-state index contributed by atoms with van der Waals surface area (Å²) < 4.78 is 38.6. The van der Waals surface area contributed by atoms with E-state index in [0.29, 0.717) is 23.7 Å². The minimum Gasteiger partial charge on any atom is -0.258 e. The molecule has 2 rings (SSSR count). The summed E-state index contributed by atoms with van der Waals surface area (Å²) in [5, 5.41) is 17.7. The van der Waals surface area contributed by atoms with Crippen molar-refractivity contribution in [1.29, 1.82) is 0 Å². The molecule has 1 aliphatic rings. The van der Waals surface area contributed by atoms with Gasteiger partial charge in [-0.3, -0.25) is 10.1 Å². The van der Waals surface area contributed by atoms with Crippen LogP contribution in [-0.2, 0) is 12.1 Å². The van der Waals surface area contributed by atoms with E-state index in [1.807, 2.05) is 0 Å². The molecular weight excluding hydrogens is 343 g/mol. The average molecular weight is 352 g/mol. The summed E-state index contributed by atoms with van der Waals surface area (Å²) in [6, 6.07) is 3.45. The molecule has 0 unspecified atom stereocenters. The lowest BCUT2D eigenvalue weighted by Crippen LogP contribution is -2.30. The van der Waals surface area contributed by atoms with Crippen molar-refractivity contribution in [3.05, 3.63) is 39.4 Å². The summed E-state index contributed by atoms with van der Waals surface area (Å²) in [6.45, 7) is 0. The first-order valence-corrected chi connectivity index (χ1v) is 6.78. The van der Waals surface area contributed by atoms with Crippen LogP contribution in [0.15, 0.2) is 28.4 Å². The lowest BCUT2D eigenvalue weighted by Gasteiger charge is -2.15. The van der Waals surface area contributed by atoms with E-state index in [9.17, 15) is 23.3 Å². The molecule has 5 nitrogen and oxygen atoms in total. The van der Waals surface area contributed by atoms with E-state index in [4.69, 9.17) is 0 Å². The van der Waals surface area contributed by atoms with Crippen LogP contribution >= 0.6 is 15.9 Å². The second kappa shape index (κ2) is 5.12. The normalized spacial score (nSPS) is 16.2. The Kier molecular flexibility index (Phi) is 3.81. The molecule has 108 valence electrons. The molecular formula is C11H9BrF3N3O2. The zero-order chi connectivity index (χ0) is 15.0. The van der Waals surface area contributed by atoms with Crippen LogP contribution in [0.2, 0.25) is 0 Å². The van der Waals surface area contributed by atoms with E-state index in [2.05, 4.69) is 26.2 Å². The third kappa shape index (κ3) is 2.54. The fourth-order valence-corrected chi connectivity index (χ4v) is 2.14. The smallest absolute Gasteiger partial charge is 0.258 e. The van der Waals surface area contributed by atoms with Crippen LogP contribution in [0.25, 0.3) is 0 Å². The second-order valence-electron chi connectivity index (χ2n) is 4.26. The van der Waals surface area contributed by atoms with Crippen molar-refractivity contribution in [3.8, 4) is 0 Å². The first-order valence-electron chi connectivity index (χ1n) is 5.66. The van der Waals surface area contributed by atoms with Gasteiger partial charge in [-0.05, 0) is 12.8 Å². The van der Waals surface area contributed by atoms with Crippen LogP contribution in [0.5, 0.6) is 0 Å². The summed E-state index contributed by atoms with van der Waals surface area (Å²) >= 11 is 3.20. The van der Waals surface area contributed by atoms with Gasteiger partial charge in [-0.15, -0.1) is 10.2 Å². The van der Waals surface area contributed by atoms with Gasteiger partial charge in [0.2, 0.25) is 0 Å². The van der Waals surface area contributed by atoms with Crippen molar-refractivity contribution in [3.63, 3.8) is 0 Å². The molecule has 0 aromatic heterocycles. The monoisotopic (exact) mass is 351 g/mol. The van der Waals surface area contributed by atoms with Crippen LogP contribution in [0.4, 0.5) is 18.9 Å². The van der Waals surface area contributed by atoms with Gasteiger partial charge in [0.05, 0.1) is 4.92 Å². The van der Waals surface area contributed by atoms with E-state index >= 15 is 0 Å². The topological polar surface area (TPSA) is 67.9 Å². The lowest BCUT2D eigenvalue weighted by molar-refractivity contribution is -0.385. The van der Waals surface area contributed by atoms with Crippen LogP contribution in [0.3, 0.4) is 0 Å². The number of aryl methyl sites for hydroxylation is 1. The zero-order valence-electron chi connectivity index (χ0n) is 10.0. The van der Waals surface area contributed by atoms with Gasteiger partial charge in [0.15, 0.2) is 0 Å². The number of rotatable bonds is 5. The van der Waals surface area contributed by atoms with E-state index in [1.165, 1.54) is 12.1 Å². The third-order valence-electron chi connectivity index (χ3n) is 2.96. The maximum absolute atomic E-state index is 12.9. The SMILES string of the molecule is O=[N+]([O-])c1cc(C2(C(F)(F)F)N=N2)ccc1CCCBr. The second-order valence-corrected chi connectivity index (χ2v) is 5.06. The van der Waals surface area contributed by atoms with Crippen molar-refractivity contribution in [1.82, 2.24) is 0 Å². The molecule has 0 N–H and O–H groups in total. The molecule has 0 bridgehead atoms.